The molecule has 0 amide bonds. The van der Waals surface area contributed by atoms with E-state index in [-0.39, 0.29) is 72.9 Å². The van der Waals surface area contributed by atoms with Gasteiger partial charge in [-0.1, -0.05) is 127 Å². The van der Waals surface area contributed by atoms with Crippen molar-refractivity contribution in [2.24, 2.45) is 0 Å². The van der Waals surface area contributed by atoms with Crippen molar-refractivity contribution >= 4 is 43.6 Å². The van der Waals surface area contributed by atoms with E-state index in [0.717, 1.165) is 22.3 Å². The number of nitrogens with zero attached hydrogens (tertiary/aromatic N) is 2. The highest BCUT2D eigenvalue weighted by Crippen LogP contribution is 2.38. The van der Waals surface area contributed by atoms with E-state index in [0.29, 0.717) is 11.4 Å². The molecule has 0 aliphatic carbocycles. The summed E-state index contributed by atoms with van der Waals surface area (Å²) in [7, 11) is 0. The Kier molecular flexibility index (Phi) is 4.19. The van der Waals surface area contributed by atoms with Gasteiger partial charge in [0.15, 0.2) is 0 Å². The van der Waals surface area contributed by atoms with Crippen molar-refractivity contribution < 1.29 is 17.8 Å². The van der Waals surface area contributed by atoms with E-state index in [1.807, 2.05) is 60.7 Å². The number of para-hydroxylation sites is 3. The van der Waals surface area contributed by atoms with Crippen LogP contribution >= 0.6 is 0 Å². The standard InChI is InChI=1S/C48H32N2/c1-3-12-33(13-4-1)35-14-11-15-36(30-35)34-22-26-40(27-23-34)50-46-21-10-8-19-42(46)44-32-38(25-29-48(44)50)37-24-28-47-43(31-37)41-18-7-9-20-45(41)49(47)39-16-5-2-6-17-39/h1-32H/i7D,8D,9D,10D,18D,19D,20D,21D,24D,28D,29D,31D,32D. The van der Waals surface area contributed by atoms with Crippen molar-refractivity contribution in [2.45, 2.75) is 0 Å². The number of rotatable bonds is 5. The van der Waals surface area contributed by atoms with Crippen LogP contribution in [-0.4, -0.2) is 9.13 Å². The summed E-state index contributed by atoms with van der Waals surface area (Å²) in [6.45, 7) is 0. The third kappa shape index (κ3) is 4.57. The number of benzene rings is 8. The molecule has 0 atom stereocenters. The number of fused-ring (bicyclic) bond motifs is 6. The molecule has 0 saturated carbocycles. The molecule has 0 saturated heterocycles. The Balaban J connectivity index is 1.26. The Labute approximate surface area is 309 Å². The molecule has 0 bridgehead atoms. The monoisotopic (exact) mass is 649 g/mol. The third-order valence-corrected chi connectivity index (χ3v) is 9.08. The van der Waals surface area contributed by atoms with E-state index in [1.165, 1.54) is 10.6 Å². The molecule has 0 fully saturated rings. The highest BCUT2D eigenvalue weighted by molar-refractivity contribution is 6.12. The van der Waals surface area contributed by atoms with Crippen molar-refractivity contribution in [1.82, 2.24) is 9.13 Å². The highest BCUT2D eigenvalue weighted by atomic mass is 15.0. The average Bonchev–Trinajstić information content (AvgIpc) is 3.87. The molecule has 2 nitrogen and oxygen atoms in total. The van der Waals surface area contributed by atoms with E-state index < -0.39 is 60.4 Å². The van der Waals surface area contributed by atoms with Crippen molar-refractivity contribution in [3.05, 3.63) is 194 Å². The lowest BCUT2D eigenvalue weighted by atomic mass is 9.99. The van der Waals surface area contributed by atoms with Crippen LogP contribution in [-0.2, 0) is 0 Å². The quantitative estimate of drug-likeness (QED) is 0.176. The van der Waals surface area contributed by atoms with Gasteiger partial charge in [0.25, 0.3) is 0 Å². The van der Waals surface area contributed by atoms with Gasteiger partial charge in [-0.15, -0.1) is 0 Å². The lowest BCUT2D eigenvalue weighted by Gasteiger charge is -2.11. The largest absolute Gasteiger partial charge is 0.309 e. The second kappa shape index (κ2) is 11.5. The molecule has 8 aromatic carbocycles. The summed E-state index contributed by atoms with van der Waals surface area (Å²) < 4.78 is 121. The van der Waals surface area contributed by atoms with Crippen LogP contribution in [0, 0.1) is 0 Å². The molecule has 0 spiro atoms. The molecular formula is C48H32N2. The molecule has 2 heteroatoms. The first-order valence-electron chi connectivity index (χ1n) is 22.6. The SMILES string of the molecule is [2H]c1c([2H])c([2H])c2c(c1[2H])c1c([2H])c(-c3c([2H])c([2H])c4c(c3[2H])c3c([2H])c([2H])c([2H])c([2H])c3n4-c3ccccc3)cc([2H])c1n2-c1ccc(-c2cccc(-c3ccccc3)c2)cc1. The summed E-state index contributed by atoms with van der Waals surface area (Å²) in [6.07, 6.45) is 0. The second-order valence-electron chi connectivity index (χ2n) is 12.0. The van der Waals surface area contributed by atoms with Crippen LogP contribution in [0.15, 0.2) is 194 Å². The maximum Gasteiger partial charge on any atom is 0.0645 e. The summed E-state index contributed by atoms with van der Waals surface area (Å²) in [5.74, 6) is 0. The van der Waals surface area contributed by atoms with Crippen LogP contribution in [0.1, 0.15) is 17.8 Å². The number of aromatic nitrogens is 2. The van der Waals surface area contributed by atoms with Gasteiger partial charge in [-0.25, -0.2) is 0 Å². The normalized spacial score (nSPS) is 15.2. The van der Waals surface area contributed by atoms with Crippen LogP contribution in [0.3, 0.4) is 0 Å². The van der Waals surface area contributed by atoms with Crippen LogP contribution in [0.4, 0.5) is 0 Å². The minimum atomic E-state index is -0.547. The zero-order valence-corrected chi connectivity index (χ0v) is 26.4. The van der Waals surface area contributed by atoms with Crippen LogP contribution < -0.4 is 0 Å². The Morgan fingerprint density at radius 1 is 0.320 bits per heavy atom. The third-order valence-electron chi connectivity index (χ3n) is 9.08. The Hall–Kier alpha value is -6.64. The summed E-state index contributed by atoms with van der Waals surface area (Å²) >= 11 is 0. The van der Waals surface area contributed by atoms with Gasteiger partial charge >= 0.3 is 0 Å². The van der Waals surface area contributed by atoms with Crippen molar-refractivity contribution in [1.29, 1.82) is 0 Å². The molecule has 0 unspecified atom stereocenters. The Morgan fingerprint density at radius 2 is 0.820 bits per heavy atom. The fraction of sp³-hybridized carbons (Fsp3) is 0. The van der Waals surface area contributed by atoms with Crippen molar-refractivity contribution in [3.63, 3.8) is 0 Å². The molecule has 2 heterocycles. The molecule has 0 aliphatic rings. The molecule has 0 aliphatic heterocycles. The number of hydrogen-bond donors (Lipinski definition) is 0. The van der Waals surface area contributed by atoms with E-state index in [4.69, 9.17) is 11.0 Å². The van der Waals surface area contributed by atoms with Gasteiger partial charge in [0.05, 0.1) is 39.9 Å². The fourth-order valence-electron chi connectivity index (χ4n) is 6.76. The Morgan fingerprint density at radius 3 is 1.48 bits per heavy atom. The first kappa shape index (κ1) is 18.2. The predicted molar refractivity (Wildman–Crippen MR) is 211 cm³/mol. The smallest absolute Gasteiger partial charge is 0.0645 e. The number of hydrogen-bond acceptors (Lipinski definition) is 0. The highest BCUT2D eigenvalue weighted by Gasteiger charge is 2.16. The average molecular weight is 650 g/mol. The minimum absolute atomic E-state index is 0.00149. The summed E-state index contributed by atoms with van der Waals surface area (Å²) in [5, 5.41) is -0.130. The maximum absolute atomic E-state index is 9.77. The van der Waals surface area contributed by atoms with Crippen LogP contribution in [0.5, 0.6) is 0 Å². The Bertz CT molecular complexity index is 3580. The van der Waals surface area contributed by atoms with Gasteiger partial charge in [0.1, 0.15) is 0 Å². The van der Waals surface area contributed by atoms with Crippen molar-refractivity contribution in [2.75, 3.05) is 0 Å². The van der Waals surface area contributed by atoms with Gasteiger partial charge < -0.3 is 9.13 Å². The maximum atomic E-state index is 9.77. The molecule has 0 N–H and O–H groups in total. The summed E-state index contributed by atoms with van der Waals surface area (Å²) in [4.78, 5) is 0. The minimum Gasteiger partial charge on any atom is -0.309 e. The van der Waals surface area contributed by atoms with E-state index in [2.05, 4.69) is 6.07 Å². The molecule has 50 heavy (non-hydrogen) atoms. The first-order chi connectivity index (χ1) is 30.2. The predicted octanol–water partition coefficient (Wildman–Crippen LogP) is 12.9. The first-order valence-corrected chi connectivity index (χ1v) is 16.1. The van der Waals surface area contributed by atoms with E-state index in [1.54, 1.807) is 47.0 Å². The molecule has 10 aromatic rings. The molecular weight excluding hydrogens is 605 g/mol. The van der Waals surface area contributed by atoms with Crippen LogP contribution in [0.2, 0.25) is 0 Å². The summed E-state index contributed by atoms with van der Waals surface area (Å²) in [5.41, 5.74) is 4.59. The van der Waals surface area contributed by atoms with E-state index in [9.17, 15) is 6.85 Å². The lowest BCUT2D eigenvalue weighted by molar-refractivity contribution is 1.18. The summed E-state index contributed by atoms with van der Waals surface area (Å²) in [6, 6.07) is 29.6. The molecule has 10 rings (SSSR count). The van der Waals surface area contributed by atoms with Gasteiger partial charge in [-0.3, -0.25) is 0 Å². The van der Waals surface area contributed by atoms with Gasteiger partial charge in [-0.2, -0.15) is 0 Å². The fourth-order valence-corrected chi connectivity index (χ4v) is 6.76. The second-order valence-corrected chi connectivity index (χ2v) is 12.0. The lowest BCUT2D eigenvalue weighted by Crippen LogP contribution is -1.94. The zero-order chi connectivity index (χ0) is 44.3. The van der Waals surface area contributed by atoms with Gasteiger partial charge in [0, 0.05) is 32.9 Å². The van der Waals surface area contributed by atoms with Crippen LogP contribution in [0.25, 0.3) is 88.4 Å². The van der Waals surface area contributed by atoms with E-state index >= 15 is 0 Å². The van der Waals surface area contributed by atoms with Crippen molar-refractivity contribution in [3.8, 4) is 44.8 Å². The molecule has 2 aromatic heterocycles. The van der Waals surface area contributed by atoms with Gasteiger partial charge in [0.2, 0.25) is 0 Å². The van der Waals surface area contributed by atoms with Gasteiger partial charge in [-0.05, 0) is 100.0 Å². The topological polar surface area (TPSA) is 9.86 Å². The molecule has 0 radical (unpaired) electrons. The zero-order valence-electron chi connectivity index (χ0n) is 39.4. The molecule has 234 valence electrons.